The summed E-state index contributed by atoms with van der Waals surface area (Å²) >= 11 is 0. The molecule has 0 saturated heterocycles. The van der Waals surface area contributed by atoms with Crippen LogP contribution in [0, 0.1) is 17.2 Å². The first kappa shape index (κ1) is 12.1. The third kappa shape index (κ3) is 2.07. The first-order valence-corrected chi connectivity index (χ1v) is 6.38. The summed E-state index contributed by atoms with van der Waals surface area (Å²) in [4.78, 5) is 4.52. The van der Waals surface area contributed by atoms with Crippen molar-refractivity contribution in [3.63, 3.8) is 0 Å². The van der Waals surface area contributed by atoms with Crippen molar-refractivity contribution in [1.82, 2.24) is 9.55 Å². The van der Waals surface area contributed by atoms with Crippen LogP contribution in [-0.4, -0.2) is 16.1 Å². The topological polar surface area (TPSA) is 67.6 Å². The fraction of sp³-hybridized carbons (Fsp3) is 0.692. The SMILES string of the molecule is CC(C)C(CN)c1nc(C#N)c2n1CCCC2. The molecule has 17 heavy (non-hydrogen) atoms. The predicted octanol–water partition coefficient (Wildman–Crippen LogP) is 1.79. The molecule has 1 aromatic rings. The van der Waals surface area contributed by atoms with E-state index >= 15 is 0 Å². The minimum absolute atomic E-state index is 0.258. The highest BCUT2D eigenvalue weighted by Crippen LogP contribution is 2.28. The largest absolute Gasteiger partial charge is 0.330 e. The summed E-state index contributed by atoms with van der Waals surface area (Å²) in [6.45, 7) is 5.91. The molecule has 1 aromatic heterocycles. The number of hydrogen-bond acceptors (Lipinski definition) is 3. The third-order valence-electron chi connectivity index (χ3n) is 3.64. The number of rotatable bonds is 3. The van der Waals surface area contributed by atoms with Crippen LogP contribution in [0.2, 0.25) is 0 Å². The molecule has 0 spiro atoms. The van der Waals surface area contributed by atoms with Crippen molar-refractivity contribution in [3.8, 4) is 6.07 Å². The predicted molar refractivity (Wildman–Crippen MR) is 66.5 cm³/mol. The fourth-order valence-electron chi connectivity index (χ4n) is 2.62. The van der Waals surface area contributed by atoms with Gasteiger partial charge in [-0.05, 0) is 25.2 Å². The number of nitrogens with two attached hydrogens (primary N) is 1. The second kappa shape index (κ2) is 4.89. The Kier molecular flexibility index (Phi) is 3.49. The zero-order valence-corrected chi connectivity index (χ0v) is 10.6. The fourth-order valence-corrected chi connectivity index (χ4v) is 2.62. The minimum atomic E-state index is 0.258. The molecule has 2 rings (SSSR count). The molecule has 0 amide bonds. The summed E-state index contributed by atoms with van der Waals surface area (Å²) in [5.41, 5.74) is 7.58. The van der Waals surface area contributed by atoms with E-state index in [0.29, 0.717) is 18.2 Å². The van der Waals surface area contributed by atoms with Crippen LogP contribution in [0.25, 0.3) is 0 Å². The highest BCUT2D eigenvalue weighted by Gasteiger charge is 2.26. The average Bonchev–Trinajstić information content (AvgIpc) is 2.69. The van der Waals surface area contributed by atoms with Gasteiger partial charge in [0.25, 0.3) is 0 Å². The number of hydrogen-bond donors (Lipinski definition) is 1. The second-order valence-electron chi connectivity index (χ2n) is 5.07. The summed E-state index contributed by atoms with van der Waals surface area (Å²) in [7, 11) is 0. The Balaban J connectivity index is 2.47. The first-order chi connectivity index (χ1) is 8.19. The highest BCUT2D eigenvalue weighted by molar-refractivity contribution is 5.31. The van der Waals surface area contributed by atoms with Gasteiger partial charge in [0.1, 0.15) is 11.9 Å². The van der Waals surface area contributed by atoms with E-state index < -0.39 is 0 Å². The highest BCUT2D eigenvalue weighted by atomic mass is 15.1. The Morgan fingerprint density at radius 1 is 1.47 bits per heavy atom. The van der Waals surface area contributed by atoms with Gasteiger partial charge in [0.05, 0.1) is 5.69 Å². The standard InChI is InChI=1S/C13H20N4/c1-9(2)10(7-14)13-16-11(8-15)12-5-3-4-6-17(12)13/h9-10H,3-7,14H2,1-2H3. The van der Waals surface area contributed by atoms with Gasteiger partial charge in [0.2, 0.25) is 0 Å². The third-order valence-corrected chi connectivity index (χ3v) is 3.64. The maximum atomic E-state index is 9.14. The molecule has 0 aliphatic carbocycles. The zero-order valence-electron chi connectivity index (χ0n) is 10.6. The molecule has 0 aromatic carbocycles. The molecule has 1 aliphatic heterocycles. The van der Waals surface area contributed by atoms with Crippen LogP contribution < -0.4 is 5.73 Å². The van der Waals surface area contributed by atoms with Gasteiger partial charge in [-0.2, -0.15) is 5.26 Å². The summed E-state index contributed by atoms with van der Waals surface area (Å²) < 4.78 is 2.24. The molecule has 4 nitrogen and oxygen atoms in total. The molecule has 1 atom stereocenters. The molecule has 0 radical (unpaired) electrons. The van der Waals surface area contributed by atoms with Crippen molar-refractivity contribution >= 4 is 0 Å². The Morgan fingerprint density at radius 3 is 2.82 bits per heavy atom. The van der Waals surface area contributed by atoms with E-state index in [0.717, 1.165) is 30.9 Å². The van der Waals surface area contributed by atoms with E-state index in [-0.39, 0.29) is 5.92 Å². The van der Waals surface area contributed by atoms with Gasteiger partial charge in [-0.1, -0.05) is 13.8 Å². The Bertz CT molecular complexity index is 439. The lowest BCUT2D eigenvalue weighted by atomic mass is 9.95. The monoisotopic (exact) mass is 232 g/mol. The van der Waals surface area contributed by atoms with Crippen LogP contribution in [0.5, 0.6) is 0 Å². The Morgan fingerprint density at radius 2 is 2.24 bits per heavy atom. The second-order valence-corrected chi connectivity index (χ2v) is 5.07. The van der Waals surface area contributed by atoms with Gasteiger partial charge in [0, 0.05) is 19.0 Å². The van der Waals surface area contributed by atoms with Crippen LogP contribution in [0.4, 0.5) is 0 Å². The molecule has 2 N–H and O–H groups in total. The maximum absolute atomic E-state index is 9.14. The quantitative estimate of drug-likeness (QED) is 0.864. The molecular formula is C13H20N4. The lowest BCUT2D eigenvalue weighted by molar-refractivity contribution is 0.436. The Hall–Kier alpha value is -1.34. The van der Waals surface area contributed by atoms with E-state index in [1.165, 1.54) is 6.42 Å². The van der Waals surface area contributed by atoms with Crippen molar-refractivity contribution in [2.45, 2.75) is 45.6 Å². The van der Waals surface area contributed by atoms with Crippen molar-refractivity contribution in [3.05, 3.63) is 17.2 Å². The summed E-state index contributed by atoms with van der Waals surface area (Å²) in [6.07, 6.45) is 3.32. The van der Waals surface area contributed by atoms with Crippen LogP contribution in [0.1, 0.15) is 49.8 Å². The van der Waals surface area contributed by atoms with E-state index in [9.17, 15) is 0 Å². The maximum Gasteiger partial charge on any atom is 0.161 e. The normalized spacial score (nSPS) is 16.6. The van der Waals surface area contributed by atoms with Crippen LogP contribution >= 0.6 is 0 Å². The molecular weight excluding hydrogens is 212 g/mol. The molecule has 2 heterocycles. The number of nitriles is 1. The Labute approximate surface area is 102 Å². The van der Waals surface area contributed by atoms with Gasteiger partial charge in [-0.15, -0.1) is 0 Å². The summed E-state index contributed by atoms with van der Waals surface area (Å²) in [5.74, 6) is 1.74. The van der Waals surface area contributed by atoms with Gasteiger partial charge in [-0.3, -0.25) is 0 Å². The lowest BCUT2D eigenvalue weighted by Crippen LogP contribution is -2.23. The molecule has 1 aliphatic rings. The van der Waals surface area contributed by atoms with Gasteiger partial charge < -0.3 is 10.3 Å². The minimum Gasteiger partial charge on any atom is -0.330 e. The molecule has 0 fully saturated rings. The van der Waals surface area contributed by atoms with Crippen LogP contribution in [0.15, 0.2) is 0 Å². The van der Waals surface area contributed by atoms with Crippen molar-refractivity contribution < 1.29 is 0 Å². The van der Waals surface area contributed by atoms with Crippen molar-refractivity contribution in [2.75, 3.05) is 6.54 Å². The van der Waals surface area contributed by atoms with Crippen LogP contribution in [0.3, 0.4) is 0 Å². The van der Waals surface area contributed by atoms with E-state index in [2.05, 4.69) is 29.5 Å². The van der Waals surface area contributed by atoms with Crippen molar-refractivity contribution in [2.24, 2.45) is 11.7 Å². The summed E-state index contributed by atoms with van der Waals surface area (Å²) in [5, 5.41) is 9.14. The molecule has 0 bridgehead atoms. The molecule has 1 unspecified atom stereocenters. The van der Waals surface area contributed by atoms with Gasteiger partial charge >= 0.3 is 0 Å². The first-order valence-electron chi connectivity index (χ1n) is 6.38. The van der Waals surface area contributed by atoms with Gasteiger partial charge in [0.15, 0.2) is 5.69 Å². The van der Waals surface area contributed by atoms with Crippen LogP contribution in [-0.2, 0) is 13.0 Å². The summed E-state index contributed by atoms with van der Waals surface area (Å²) in [6, 6.07) is 2.22. The van der Waals surface area contributed by atoms with E-state index in [1.54, 1.807) is 0 Å². The lowest BCUT2D eigenvalue weighted by Gasteiger charge is -2.23. The number of imidazole rings is 1. The molecule has 0 saturated carbocycles. The number of aromatic nitrogens is 2. The number of fused-ring (bicyclic) bond motifs is 1. The van der Waals surface area contributed by atoms with Crippen molar-refractivity contribution in [1.29, 1.82) is 5.26 Å². The average molecular weight is 232 g/mol. The molecule has 4 heteroatoms. The van der Waals surface area contributed by atoms with E-state index in [1.807, 2.05) is 0 Å². The number of nitrogens with zero attached hydrogens (tertiary/aromatic N) is 3. The van der Waals surface area contributed by atoms with E-state index in [4.69, 9.17) is 11.0 Å². The smallest absolute Gasteiger partial charge is 0.161 e. The zero-order chi connectivity index (χ0) is 12.4. The molecule has 92 valence electrons. The van der Waals surface area contributed by atoms with Gasteiger partial charge in [-0.25, -0.2) is 4.98 Å².